The van der Waals surface area contributed by atoms with E-state index in [1.807, 2.05) is 6.92 Å². The molecule has 0 amide bonds. The first kappa shape index (κ1) is 19.1. The van der Waals surface area contributed by atoms with Crippen LogP contribution in [0.1, 0.15) is 32.2 Å². The maximum absolute atomic E-state index is 15.9. The molecule has 3 N–H and O–H groups in total. The van der Waals surface area contributed by atoms with Crippen LogP contribution in [-0.2, 0) is 0 Å². The van der Waals surface area contributed by atoms with Crippen molar-refractivity contribution < 1.29 is 23.4 Å². The molecule has 1 aromatic heterocycles. The van der Waals surface area contributed by atoms with Gasteiger partial charge >= 0.3 is 6.16 Å². The van der Waals surface area contributed by atoms with Crippen LogP contribution in [-0.4, -0.2) is 52.4 Å². The minimum atomic E-state index is -1.68. The number of rotatable bonds is 3. The molecule has 2 saturated heterocycles. The summed E-state index contributed by atoms with van der Waals surface area (Å²) in [6.07, 6.45) is 1.76. The highest BCUT2D eigenvalue weighted by atomic mass is 19.1. The Hall–Kier alpha value is -2.88. The lowest BCUT2D eigenvalue weighted by Gasteiger charge is -2.40. The number of fused-ring (bicyclic) bond motifs is 3. The van der Waals surface area contributed by atoms with Gasteiger partial charge in [-0.3, -0.25) is 9.69 Å². The fourth-order valence-electron chi connectivity index (χ4n) is 4.83. The molecule has 5 rings (SSSR count). The fourth-order valence-corrected chi connectivity index (χ4v) is 4.83. The molecule has 1 saturated carbocycles. The first-order valence-corrected chi connectivity index (χ1v) is 10.0. The number of nitrogen functional groups attached to an aromatic ring is 1. The van der Waals surface area contributed by atoms with Crippen molar-refractivity contribution >= 4 is 28.4 Å². The van der Waals surface area contributed by atoms with Gasteiger partial charge in [-0.25, -0.2) is 13.6 Å². The van der Waals surface area contributed by atoms with Crippen molar-refractivity contribution in [1.29, 1.82) is 0 Å². The summed E-state index contributed by atoms with van der Waals surface area (Å²) >= 11 is 0. The van der Waals surface area contributed by atoms with E-state index in [0.717, 1.165) is 32.4 Å². The number of hydrogen-bond donors (Lipinski definition) is 2. The molecule has 2 bridgehead atoms. The van der Waals surface area contributed by atoms with Crippen molar-refractivity contribution in [3.8, 4) is 5.75 Å². The van der Waals surface area contributed by atoms with Gasteiger partial charge < -0.3 is 25.0 Å². The van der Waals surface area contributed by atoms with Gasteiger partial charge in [0, 0.05) is 37.8 Å². The monoisotopic (exact) mass is 420 g/mol. The zero-order chi connectivity index (χ0) is 21.3. The molecule has 3 atom stereocenters. The first-order valence-electron chi connectivity index (χ1n) is 10.0. The lowest BCUT2D eigenvalue weighted by molar-refractivity contribution is 0.143. The molecular weight excluding hydrogens is 398 g/mol. The smallest absolute Gasteiger partial charge is 0.449 e. The first-order chi connectivity index (χ1) is 14.3. The lowest BCUT2D eigenvalue weighted by atomic mass is 10.0. The SMILES string of the molecule is CC1CN(c2c(F)c(N)c3c(=O)c(OC(=O)O)cn(C4CC4)c3c2F)C2CCN1C2. The molecule has 10 heteroatoms. The van der Waals surface area contributed by atoms with Crippen LogP contribution < -0.4 is 20.8 Å². The third kappa shape index (κ3) is 2.73. The third-order valence-electron chi connectivity index (χ3n) is 6.48. The van der Waals surface area contributed by atoms with Crippen molar-refractivity contribution in [3.63, 3.8) is 0 Å². The summed E-state index contributed by atoms with van der Waals surface area (Å²) in [7, 11) is 0. The van der Waals surface area contributed by atoms with Gasteiger partial charge in [-0.1, -0.05) is 0 Å². The van der Waals surface area contributed by atoms with Crippen molar-refractivity contribution in [3.05, 3.63) is 28.1 Å². The molecule has 3 fully saturated rings. The maximum Gasteiger partial charge on any atom is 0.511 e. The minimum absolute atomic E-state index is 0.0298. The van der Waals surface area contributed by atoms with E-state index in [4.69, 9.17) is 10.8 Å². The molecule has 1 aliphatic carbocycles. The number of pyridine rings is 1. The maximum atomic E-state index is 15.9. The lowest BCUT2D eigenvalue weighted by Crippen LogP contribution is -2.52. The molecule has 30 heavy (non-hydrogen) atoms. The Labute approximate surface area is 170 Å². The van der Waals surface area contributed by atoms with Crippen LogP contribution in [0, 0.1) is 11.6 Å². The number of nitrogens with two attached hydrogens (primary N) is 1. The Morgan fingerprint density at radius 1 is 1.20 bits per heavy atom. The summed E-state index contributed by atoms with van der Waals surface area (Å²) in [6, 6.07) is -0.0205. The number of benzene rings is 1. The average Bonchev–Trinajstić information content (AvgIpc) is 3.44. The molecule has 160 valence electrons. The summed E-state index contributed by atoms with van der Waals surface area (Å²) in [5, 5.41) is 8.55. The van der Waals surface area contributed by atoms with Gasteiger partial charge in [-0.05, 0) is 26.2 Å². The summed E-state index contributed by atoms with van der Waals surface area (Å²) in [5.41, 5.74) is 4.30. The van der Waals surface area contributed by atoms with Crippen molar-refractivity contribution in [2.45, 2.75) is 44.3 Å². The van der Waals surface area contributed by atoms with Crippen LogP contribution in [0.2, 0.25) is 0 Å². The largest absolute Gasteiger partial charge is 0.511 e. The normalized spacial score (nSPS) is 25.7. The topological polar surface area (TPSA) is 101 Å². The Kier molecular flexibility index (Phi) is 4.18. The van der Waals surface area contributed by atoms with Crippen LogP contribution >= 0.6 is 0 Å². The van der Waals surface area contributed by atoms with E-state index >= 15 is 8.78 Å². The van der Waals surface area contributed by atoms with Gasteiger partial charge in [-0.15, -0.1) is 0 Å². The highest BCUT2D eigenvalue weighted by Gasteiger charge is 2.40. The molecular formula is C20H22F2N4O4. The fraction of sp³-hybridized carbons (Fsp3) is 0.500. The van der Waals surface area contributed by atoms with Gasteiger partial charge in [0.1, 0.15) is 5.69 Å². The quantitative estimate of drug-likeness (QED) is 0.581. The number of ether oxygens (including phenoxy) is 1. The predicted octanol–water partition coefficient (Wildman–Crippen LogP) is 2.54. The number of piperazine rings is 1. The number of carbonyl (C=O) groups is 1. The number of aromatic nitrogens is 1. The van der Waals surface area contributed by atoms with Crippen LogP contribution in [0.3, 0.4) is 0 Å². The Balaban J connectivity index is 1.78. The second kappa shape index (κ2) is 6.56. The molecule has 3 heterocycles. The van der Waals surface area contributed by atoms with Crippen LogP contribution in [0.5, 0.6) is 5.75 Å². The standard InChI is InChI=1S/C20H22F2N4O4/c1-9-6-25(11-4-5-24(9)7-11)18-14(21)16(23)13-17(15(18)22)26(10-2-3-10)8-12(19(13)27)30-20(28)29/h8-11H,2-7,23H2,1H3,(H,28,29). The second-order valence-corrected chi connectivity index (χ2v) is 8.38. The molecule has 0 radical (unpaired) electrons. The zero-order valence-electron chi connectivity index (χ0n) is 16.4. The van der Waals surface area contributed by atoms with Gasteiger partial charge in [-0.2, -0.15) is 0 Å². The van der Waals surface area contributed by atoms with E-state index in [-0.39, 0.29) is 34.7 Å². The third-order valence-corrected chi connectivity index (χ3v) is 6.48. The van der Waals surface area contributed by atoms with E-state index in [0.29, 0.717) is 6.54 Å². The molecule has 1 aromatic carbocycles. The molecule has 3 aliphatic rings. The molecule has 2 aliphatic heterocycles. The minimum Gasteiger partial charge on any atom is -0.449 e. The van der Waals surface area contributed by atoms with E-state index in [1.54, 1.807) is 4.90 Å². The van der Waals surface area contributed by atoms with Gasteiger partial charge in [0.25, 0.3) is 0 Å². The summed E-state index contributed by atoms with van der Waals surface area (Å²) in [6.45, 7) is 4.07. The molecule has 8 nitrogen and oxygen atoms in total. The summed E-state index contributed by atoms with van der Waals surface area (Å²) in [4.78, 5) is 27.8. The Morgan fingerprint density at radius 2 is 1.93 bits per heavy atom. The number of carboxylic acid groups (broad SMARTS) is 1. The van der Waals surface area contributed by atoms with Crippen LogP contribution in [0.25, 0.3) is 10.9 Å². The number of hydrogen-bond acceptors (Lipinski definition) is 6. The predicted molar refractivity (Wildman–Crippen MR) is 106 cm³/mol. The van der Waals surface area contributed by atoms with E-state index in [2.05, 4.69) is 9.64 Å². The van der Waals surface area contributed by atoms with E-state index < -0.39 is 34.7 Å². The molecule has 3 unspecified atom stereocenters. The molecule has 0 spiro atoms. The second-order valence-electron chi connectivity index (χ2n) is 8.38. The van der Waals surface area contributed by atoms with Gasteiger partial charge in [0.15, 0.2) is 17.4 Å². The van der Waals surface area contributed by atoms with E-state index in [1.165, 1.54) is 10.8 Å². The van der Waals surface area contributed by atoms with Crippen molar-refractivity contribution in [2.75, 3.05) is 30.3 Å². The zero-order valence-corrected chi connectivity index (χ0v) is 16.4. The molecule has 2 aromatic rings. The number of halogens is 2. The summed E-state index contributed by atoms with van der Waals surface area (Å²) in [5.74, 6) is -2.34. The number of nitrogens with zero attached hydrogens (tertiary/aromatic N) is 3. The highest BCUT2D eigenvalue weighted by Crippen LogP contribution is 2.43. The van der Waals surface area contributed by atoms with Crippen molar-refractivity contribution in [1.82, 2.24) is 9.47 Å². The summed E-state index contributed by atoms with van der Waals surface area (Å²) < 4.78 is 37.4. The van der Waals surface area contributed by atoms with E-state index in [9.17, 15) is 9.59 Å². The van der Waals surface area contributed by atoms with Crippen LogP contribution in [0.15, 0.2) is 11.0 Å². The number of anilines is 2. The Morgan fingerprint density at radius 3 is 2.60 bits per heavy atom. The van der Waals surface area contributed by atoms with Gasteiger partial charge in [0.2, 0.25) is 5.43 Å². The highest BCUT2D eigenvalue weighted by molar-refractivity contribution is 5.96. The van der Waals surface area contributed by atoms with Gasteiger partial charge in [0.05, 0.1) is 22.8 Å². The van der Waals surface area contributed by atoms with Crippen molar-refractivity contribution in [2.24, 2.45) is 0 Å². The van der Waals surface area contributed by atoms with Crippen LogP contribution in [0.4, 0.5) is 25.0 Å². The average molecular weight is 420 g/mol. The Bertz CT molecular complexity index is 1130.